The van der Waals surface area contributed by atoms with E-state index >= 15 is 0 Å². The Bertz CT molecular complexity index is 532. The normalized spacial score (nSPS) is 11.6. The molecule has 0 bridgehead atoms. The summed E-state index contributed by atoms with van der Waals surface area (Å²) in [5, 5.41) is 0. The summed E-state index contributed by atoms with van der Waals surface area (Å²) in [7, 11) is 0. The van der Waals surface area contributed by atoms with Gasteiger partial charge in [0, 0.05) is 6.08 Å². The predicted molar refractivity (Wildman–Crippen MR) is 56.9 cm³/mol. The van der Waals surface area contributed by atoms with Gasteiger partial charge in [-0.25, -0.2) is 9.18 Å². The zero-order chi connectivity index (χ0) is 14.6. The minimum atomic E-state index is -4.89. The van der Waals surface area contributed by atoms with Crippen LogP contribution in [0.4, 0.5) is 17.6 Å². The van der Waals surface area contributed by atoms with E-state index in [0.29, 0.717) is 12.1 Å². The number of rotatable bonds is 3. The van der Waals surface area contributed by atoms with Crippen LogP contribution in [0.1, 0.15) is 12.5 Å². The molecule has 0 aliphatic carbocycles. The lowest BCUT2D eigenvalue weighted by atomic mass is 10.2. The van der Waals surface area contributed by atoms with Crippen LogP contribution in [0.15, 0.2) is 30.4 Å². The lowest BCUT2D eigenvalue weighted by molar-refractivity contribution is -0.140. The molecule has 0 saturated heterocycles. The average molecular weight is 276 g/mol. The van der Waals surface area contributed by atoms with E-state index in [1.54, 1.807) is 0 Å². The molecule has 0 fully saturated rings. The minimum Gasteiger partial charge on any atom is -0.423 e. The van der Waals surface area contributed by atoms with Gasteiger partial charge in [-0.05, 0) is 31.2 Å². The number of hydrogen-bond donors (Lipinski definition) is 0. The van der Waals surface area contributed by atoms with Crippen LogP contribution in [0.3, 0.4) is 0 Å². The number of allylic oxidation sites excluding steroid dienone is 1. The first-order chi connectivity index (χ1) is 8.70. The van der Waals surface area contributed by atoms with Crippen molar-refractivity contribution in [2.45, 2.75) is 13.1 Å². The maximum Gasteiger partial charge on any atom is 0.419 e. The van der Waals surface area contributed by atoms with Gasteiger partial charge in [0.25, 0.3) is 0 Å². The molecule has 0 saturated carbocycles. The van der Waals surface area contributed by atoms with Gasteiger partial charge in [0.15, 0.2) is 5.78 Å². The molecule has 0 spiro atoms. The molecule has 19 heavy (non-hydrogen) atoms. The largest absolute Gasteiger partial charge is 0.423 e. The smallest absolute Gasteiger partial charge is 0.419 e. The third-order valence-corrected chi connectivity index (χ3v) is 1.92. The second kappa shape index (κ2) is 5.64. The topological polar surface area (TPSA) is 43.4 Å². The van der Waals surface area contributed by atoms with Gasteiger partial charge in [-0.15, -0.1) is 0 Å². The molecule has 0 radical (unpaired) electrons. The summed E-state index contributed by atoms with van der Waals surface area (Å²) in [6.07, 6.45) is -3.22. The molecular weight excluding hydrogens is 268 g/mol. The second-order valence-corrected chi connectivity index (χ2v) is 3.50. The van der Waals surface area contributed by atoms with Gasteiger partial charge in [-0.3, -0.25) is 4.79 Å². The molecule has 1 rings (SSSR count). The number of benzene rings is 1. The van der Waals surface area contributed by atoms with E-state index in [2.05, 4.69) is 4.74 Å². The molecule has 1 aromatic carbocycles. The monoisotopic (exact) mass is 276 g/mol. The van der Waals surface area contributed by atoms with Crippen LogP contribution >= 0.6 is 0 Å². The Balaban J connectivity index is 2.92. The summed E-state index contributed by atoms with van der Waals surface area (Å²) in [5.74, 6) is -3.39. The van der Waals surface area contributed by atoms with E-state index in [4.69, 9.17) is 0 Å². The van der Waals surface area contributed by atoms with E-state index in [9.17, 15) is 27.2 Å². The number of esters is 1. The zero-order valence-electron chi connectivity index (χ0n) is 9.62. The number of carbonyl (C=O) groups excluding carboxylic acids is 2. The Morgan fingerprint density at radius 1 is 1.21 bits per heavy atom. The first-order valence-electron chi connectivity index (χ1n) is 4.97. The molecule has 0 atom stereocenters. The fourth-order valence-corrected chi connectivity index (χ4v) is 1.12. The van der Waals surface area contributed by atoms with Crippen molar-refractivity contribution in [1.82, 2.24) is 0 Å². The minimum absolute atomic E-state index is 0.370. The SMILES string of the molecule is CC(=O)/C=C/C(=O)Oc1ccc(F)c(C(F)(F)F)c1. The van der Waals surface area contributed by atoms with Crippen molar-refractivity contribution in [3.63, 3.8) is 0 Å². The highest BCUT2D eigenvalue weighted by atomic mass is 19.4. The highest BCUT2D eigenvalue weighted by molar-refractivity contribution is 5.95. The Morgan fingerprint density at radius 2 is 1.84 bits per heavy atom. The molecule has 0 heterocycles. The number of hydrogen-bond acceptors (Lipinski definition) is 3. The lowest BCUT2D eigenvalue weighted by Gasteiger charge is -2.09. The standard InChI is InChI=1S/C12H8F4O3/c1-7(17)2-5-11(18)19-8-3-4-10(13)9(6-8)12(14,15)16/h2-6H,1H3/b5-2+. The van der Waals surface area contributed by atoms with Gasteiger partial charge in [0.1, 0.15) is 11.6 Å². The maximum atomic E-state index is 12.9. The van der Waals surface area contributed by atoms with E-state index in [1.165, 1.54) is 6.92 Å². The van der Waals surface area contributed by atoms with E-state index < -0.39 is 35.1 Å². The van der Waals surface area contributed by atoms with Gasteiger partial charge in [0.2, 0.25) is 0 Å². The third-order valence-electron chi connectivity index (χ3n) is 1.92. The maximum absolute atomic E-state index is 12.9. The van der Waals surface area contributed by atoms with Crippen LogP contribution in [0.2, 0.25) is 0 Å². The number of alkyl halides is 3. The van der Waals surface area contributed by atoms with E-state index in [0.717, 1.165) is 18.2 Å². The Hall–Kier alpha value is -2.18. The summed E-state index contributed by atoms with van der Waals surface area (Å²) in [6.45, 7) is 1.18. The molecule has 0 aliphatic heterocycles. The van der Waals surface area contributed by atoms with Gasteiger partial charge in [-0.2, -0.15) is 13.2 Å². The first-order valence-corrected chi connectivity index (χ1v) is 4.97. The summed E-state index contributed by atoms with van der Waals surface area (Å²) in [6, 6.07) is 1.79. The van der Waals surface area contributed by atoms with Crippen molar-refractivity contribution in [3.05, 3.63) is 41.7 Å². The van der Waals surface area contributed by atoms with Crippen molar-refractivity contribution < 1.29 is 31.9 Å². The fraction of sp³-hybridized carbons (Fsp3) is 0.167. The van der Waals surface area contributed by atoms with Crippen molar-refractivity contribution in [2.24, 2.45) is 0 Å². The lowest BCUT2D eigenvalue weighted by Crippen LogP contribution is -2.10. The predicted octanol–water partition coefficient (Wildman–Crippen LogP) is 2.90. The van der Waals surface area contributed by atoms with Crippen LogP contribution in [0.25, 0.3) is 0 Å². The summed E-state index contributed by atoms with van der Waals surface area (Å²) >= 11 is 0. The number of ketones is 1. The molecular formula is C12H8F4O3. The van der Waals surface area contributed by atoms with Crippen LogP contribution in [0, 0.1) is 5.82 Å². The summed E-state index contributed by atoms with van der Waals surface area (Å²) in [4.78, 5) is 21.7. The van der Waals surface area contributed by atoms with Crippen molar-refractivity contribution in [1.29, 1.82) is 0 Å². The fourth-order valence-electron chi connectivity index (χ4n) is 1.12. The van der Waals surface area contributed by atoms with E-state index in [-0.39, 0.29) is 0 Å². The first kappa shape index (κ1) is 14.9. The zero-order valence-corrected chi connectivity index (χ0v) is 9.62. The molecule has 0 aromatic heterocycles. The van der Waals surface area contributed by atoms with Gasteiger partial charge in [0.05, 0.1) is 5.56 Å². The van der Waals surface area contributed by atoms with Gasteiger partial charge < -0.3 is 4.74 Å². The van der Waals surface area contributed by atoms with Crippen molar-refractivity contribution in [3.8, 4) is 5.75 Å². The second-order valence-electron chi connectivity index (χ2n) is 3.50. The highest BCUT2D eigenvalue weighted by Gasteiger charge is 2.34. The number of ether oxygens (including phenoxy) is 1. The van der Waals surface area contributed by atoms with Crippen LogP contribution in [-0.2, 0) is 15.8 Å². The van der Waals surface area contributed by atoms with E-state index in [1.807, 2.05) is 0 Å². The Labute approximate surface area is 105 Å². The van der Waals surface area contributed by atoms with Crippen molar-refractivity contribution >= 4 is 11.8 Å². The number of carbonyl (C=O) groups is 2. The average Bonchev–Trinajstić information content (AvgIpc) is 2.27. The molecule has 102 valence electrons. The van der Waals surface area contributed by atoms with Crippen LogP contribution in [-0.4, -0.2) is 11.8 Å². The number of halogens is 4. The molecule has 0 N–H and O–H groups in total. The molecule has 7 heteroatoms. The Morgan fingerprint density at radius 3 is 2.37 bits per heavy atom. The molecule has 0 amide bonds. The molecule has 3 nitrogen and oxygen atoms in total. The van der Waals surface area contributed by atoms with Crippen molar-refractivity contribution in [2.75, 3.05) is 0 Å². The van der Waals surface area contributed by atoms with Crippen LogP contribution < -0.4 is 4.74 Å². The van der Waals surface area contributed by atoms with Crippen LogP contribution in [0.5, 0.6) is 5.75 Å². The third kappa shape index (κ3) is 4.53. The van der Waals surface area contributed by atoms with Gasteiger partial charge >= 0.3 is 12.1 Å². The summed E-state index contributed by atoms with van der Waals surface area (Å²) < 4.78 is 54.6. The highest BCUT2D eigenvalue weighted by Crippen LogP contribution is 2.33. The summed E-state index contributed by atoms with van der Waals surface area (Å²) in [5.41, 5.74) is -1.53. The molecule has 1 aromatic rings. The van der Waals surface area contributed by atoms with Gasteiger partial charge in [-0.1, -0.05) is 0 Å². The Kier molecular flexibility index (Phi) is 4.42. The molecule has 0 aliphatic rings. The quantitative estimate of drug-likeness (QED) is 0.369. The molecule has 0 unspecified atom stereocenters.